The number of aliphatic imine (C=N–C) groups is 1. The van der Waals surface area contributed by atoms with E-state index in [1.807, 2.05) is 6.07 Å². The van der Waals surface area contributed by atoms with Gasteiger partial charge >= 0.3 is 0 Å². The summed E-state index contributed by atoms with van der Waals surface area (Å²) in [5.41, 5.74) is 0.592. The summed E-state index contributed by atoms with van der Waals surface area (Å²) in [4.78, 5) is 4.10. The van der Waals surface area contributed by atoms with Gasteiger partial charge in [-0.3, -0.25) is 4.99 Å². The Labute approximate surface area is 139 Å². The maximum atomic E-state index is 13.7. The second kappa shape index (κ2) is 11.4. The van der Waals surface area contributed by atoms with Crippen LogP contribution in [-0.2, 0) is 16.0 Å². The summed E-state index contributed by atoms with van der Waals surface area (Å²) in [7, 11) is 3.33. The van der Waals surface area contributed by atoms with Crippen LogP contribution in [0.3, 0.4) is 0 Å². The van der Waals surface area contributed by atoms with E-state index >= 15 is 0 Å². The van der Waals surface area contributed by atoms with E-state index in [0.717, 1.165) is 17.4 Å². The monoisotopic (exact) mass is 375 g/mol. The molecule has 0 aromatic heterocycles. The molecular formula is C15H23BrFN3O2. The predicted octanol–water partition coefficient (Wildman–Crippen LogP) is 2.31. The molecule has 0 amide bonds. The van der Waals surface area contributed by atoms with Crippen molar-refractivity contribution in [3.8, 4) is 0 Å². The van der Waals surface area contributed by atoms with Crippen LogP contribution in [0.4, 0.5) is 4.39 Å². The lowest BCUT2D eigenvalue weighted by Gasteiger charge is -2.12. The summed E-state index contributed by atoms with van der Waals surface area (Å²) in [6, 6.07) is 5.00. The van der Waals surface area contributed by atoms with E-state index in [2.05, 4.69) is 31.6 Å². The Kier molecular flexibility index (Phi) is 9.77. The number of nitrogens with one attached hydrogen (secondary N) is 2. The molecule has 0 saturated carbocycles. The van der Waals surface area contributed by atoms with Gasteiger partial charge in [-0.2, -0.15) is 0 Å². The SMILES string of the molecule is CN=C(NCCCOCCOC)NCc1ccc(Br)cc1F. The maximum absolute atomic E-state index is 13.7. The third-order valence-electron chi connectivity index (χ3n) is 2.87. The summed E-state index contributed by atoms with van der Waals surface area (Å²) in [6.07, 6.45) is 0.858. The van der Waals surface area contributed by atoms with Gasteiger partial charge in [0.1, 0.15) is 5.82 Å². The van der Waals surface area contributed by atoms with Crippen molar-refractivity contribution in [2.24, 2.45) is 4.99 Å². The minimum atomic E-state index is -0.246. The lowest BCUT2D eigenvalue weighted by Crippen LogP contribution is -2.37. The highest BCUT2D eigenvalue weighted by Gasteiger charge is 2.04. The number of benzene rings is 1. The fraction of sp³-hybridized carbons (Fsp3) is 0.533. The van der Waals surface area contributed by atoms with Gasteiger partial charge in [0.25, 0.3) is 0 Å². The molecule has 0 radical (unpaired) electrons. The molecule has 1 aromatic carbocycles. The molecule has 0 bridgehead atoms. The van der Waals surface area contributed by atoms with Gasteiger partial charge in [0.15, 0.2) is 5.96 Å². The van der Waals surface area contributed by atoms with E-state index in [-0.39, 0.29) is 5.82 Å². The number of ether oxygens (including phenoxy) is 2. The molecule has 22 heavy (non-hydrogen) atoms. The summed E-state index contributed by atoms with van der Waals surface area (Å²) in [5, 5.41) is 6.24. The first-order valence-electron chi connectivity index (χ1n) is 7.12. The Morgan fingerprint density at radius 2 is 2.09 bits per heavy atom. The van der Waals surface area contributed by atoms with Crippen LogP contribution in [0.15, 0.2) is 27.7 Å². The first-order valence-corrected chi connectivity index (χ1v) is 7.91. The largest absolute Gasteiger partial charge is 0.382 e. The standard InChI is InChI=1S/C15H23BrFN3O2/c1-18-15(19-6-3-7-22-9-8-21-2)20-11-12-4-5-13(16)10-14(12)17/h4-5,10H,3,6-9,11H2,1-2H3,(H2,18,19,20). The highest BCUT2D eigenvalue weighted by atomic mass is 79.9. The van der Waals surface area contributed by atoms with Crippen LogP contribution in [0.25, 0.3) is 0 Å². The molecule has 124 valence electrons. The van der Waals surface area contributed by atoms with Crippen molar-refractivity contribution >= 4 is 21.9 Å². The molecule has 0 heterocycles. The van der Waals surface area contributed by atoms with Crippen molar-refractivity contribution in [2.75, 3.05) is 40.5 Å². The van der Waals surface area contributed by atoms with Crippen LogP contribution in [-0.4, -0.2) is 46.5 Å². The van der Waals surface area contributed by atoms with Crippen LogP contribution in [0.2, 0.25) is 0 Å². The van der Waals surface area contributed by atoms with E-state index in [4.69, 9.17) is 9.47 Å². The minimum Gasteiger partial charge on any atom is -0.382 e. The Bertz CT molecular complexity index is 472. The summed E-state index contributed by atoms with van der Waals surface area (Å²) in [5.74, 6) is 0.392. The second-order valence-electron chi connectivity index (χ2n) is 4.55. The molecule has 7 heteroatoms. The van der Waals surface area contributed by atoms with E-state index in [1.165, 1.54) is 6.07 Å². The van der Waals surface area contributed by atoms with Gasteiger partial charge in [-0.05, 0) is 18.6 Å². The zero-order chi connectivity index (χ0) is 16.2. The first kappa shape index (κ1) is 18.9. The van der Waals surface area contributed by atoms with Crippen molar-refractivity contribution in [2.45, 2.75) is 13.0 Å². The van der Waals surface area contributed by atoms with E-state index in [0.29, 0.717) is 37.9 Å². The number of guanidine groups is 1. The highest BCUT2D eigenvalue weighted by Crippen LogP contribution is 2.14. The average molecular weight is 376 g/mol. The van der Waals surface area contributed by atoms with Crippen molar-refractivity contribution in [3.05, 3.63) is 34.1 Å². The molecule has 0 fully saturated rings. The molecule has 0 saturated heterocycles. The summed E-state index contributed by atoms with van der Waals surface area (Å²) < 4.78 is 24.7. The smallest absolute Gasteiger partial charge is 0.191 e. The van der Waals surface area contributed by atoms with E-state index in [9.17, 15) is 4.39 Å². The van der Waals surface area contributed by atoms with Gasteiger partial charge in [0.05, 0.1) is 13.2 Å². The Hall–Kier alpha value is -1.18. The van der Waals surface area contributed by atoms with Crippen LogP contribution in [0, 0.1) is 5.82 Å². The number of hydrogen-bond acceptors (Lipinski definition) is 3. The summed E-state index contributed by atoms with van der Waals surface area (Å²) >= 11 is 3.24. The Morgan fingerprint density at radius 1 is 1.27 bits per heavy atom. The molecule has 0 aliphatic carbocycles. The number of methoxy groups -OCH3 is 1. The van der Waals surface area contributed by atoms with Gasteiger partial charge in [-0.1, -0.05) is 22.0 Å². The fourth-order valence-electron chi connectivity index (χ4n) is 1.69. The average Bonchev–Trinajstić information content (AvgIpc) is 2.51. The quantitative estimate of drug-likeness (QED) is 0.395. The lowest BCUT2D eigenvalue weighted by molar-refractivity contribution is 0.0698. The van der Waals surface area contributed by atoms with Gasteiger partial charge in [-0.25, -0.2) is 4.39 Å². The van der Waals surface area contributed by atoms with Crippen molar-refractivity contribution in [3.63, 3.8) is 0 Å². The molecule has 0 aliphatic rings. The molecule has 1 rings (SSSR count). The third-order valence-corrected chi connectivity index (χ3v) is 3.37. The Morgan fingerprint density at radius 3 is 2.77 bits per heavy atom. The normalized spacial score (nSPS) is 11.5. The van der Waals surface area contributed by atoms with Crippen LogP contribution >= 0.6 is 15.9 Å². The fourth-order valence-corrected chi connectivity index (χ4v) is 2.02. The third kappa shape index (κ3) is 7.72. The minimum absolute atomic E-state index is 0.246. The van der Waals surface area contributed by atoms with Crippen LogP contribution in [0.1, 0.15) is 12.0 Å². The van der Waals surface area contributed by atoms with Crippen molar-refractivity contribution in [1.82, 2.24) is 10.6 Å². The Balaban J connectivity index is 2.22. The summed E-state index contributed by atoms with van der Waals surface area (Å²) in [6.45, 7) is 2.98. The molecule has 2 N–H and O–H groups in total. The van der Waals surface area contributed by atoms with Gasteiger partial charge in [0, 0.05) is 43.9 Å². The van der Waals surface area contributed by atoms with E-state index in [1.54, 1.807) is 20.2 Å². The van der Waals surface area contributed by atoms with Gasteiger partial charge < -0.3 is 20.1 Å². The molecular weight excluding hydrogens is 353 g/mol. The zero-order valence-corrected chi connectivity index (χ0v) is 14.6. The lowest BCUT2D eigenvalue weighted by atomic mass is 10.2. The second-order valence-corrected chi connectivity index (χ2v) is 5.46. The predicted molar refractivity (Wildman–Crippen MR) is 89.6 cm³/mol. The molecule has 0 spiro atoms. The van der Waals surface area contributed by atoms with Crippen molar-refractivity contribution in [1.29, 1.82) is 0 Å². The number of rotatable bonds is 9. The molecule has 0 unspecified atom stereocenters. The molecule has 5 nitrogen and oxygen atoms in total. The number of halogens is 2. The molecule has 0 atom stereocenters. The topological polar surface area (TPSA) is 54.9 Å². The molecule has 0 aliphatic heterocycles. The maximum Gasteiger partial charge on any atom is 0.191 e. The van der Waals surface area contributed by atoms with Gasteiger partial charge in [0.2, 0.25) is 0 Å². The number of nitrogens with zero attached hydrogens (tertiary/aromatic N) is 1. The van der Waals surface area contributed by atoms with E-state index < -0.39 is 0 Å². The molecule has 1 aromatic rings. The zero-order valence-electron chi connectivity index (χ0n) is 13.0. The highest BCUT2D eigenvalue weighted by molar-refractivity contribution is 9.10. The first-order chi connectivity index (χ1) is 10.7. The van der Waals surface area contributed by atoms with Crippen LogP contribution < -0.4 is 10.6 Å². The van der Waals surface area contributed by atoms with Crippen molar-refractivity contribution < 1.29 is 13.9 Å². The van der Waals surface area contributed by atoms with Gasteiger partial charge in [-0.15, -0.1) is 0 Å². The number of hydrogen-bond donors (Lipinski definition) is 2. The van der Waals surface area contributed by atoms with Crippen LogP contribution in [0.5, 0.6) is 0 Å².